The minimum atomic E-state index is -0.0887. The molecule has 0 aliphatic rings. The van der Waals surface area contributed by atoms with Crippen molar-refractivity contribution < 1.29 is 14.3 Å². The Morgan fingerprint density at radius 3 is 2.75 bits per heavy atom. The number of carbonyl (C=O) groups excluding carboxylic acids is 1. The molecule has 0 aliphatic carbocycles. The lowest BCUT2D eigenvalue weighted by Gasteiger charge is -2.09. The average Bonchev–Trinajstić information content (AvgIpc) is 2.39. The van der Waals surface area contributed by atoms with Crippen LogP contribution in [0.25, 0.3) is 0 Å². The molecule has 1 N–H and O–H groups in total. The number of benzene rings is 1. The molecule has 0 unspecified atom stereocenters. The van der Waals surface area contributed by atoms with E-state index in [-0.39, 0.29) is 5.91 Å². The van der Waals surface area contributed by atoms with Crippen molar-refractivity contribution in [1.29, 1.82) is 0 Å². The van der Waals surface area contributed by atoms with Crippen molar-refractivity contribution in [1.82, 2.24) is 5.43 Å². The van der Waals surface area contributed by atoms with E-state index in [0.717, 1.165) is 5.56 Å². The minimum Gasteiger partial charge on any atom is -0.493 e. The van der Waals surface area contributed by atoms with E-state index in [2.05, 4.69) is 10.5 Å². The quantitative estimate of drug-likeness (QED) is 0.616. The van der Waals surface area contributed by atoms with Gasteiger partial charge in [-0.1, -0.05) is 13.8 Å². The summed E-state index contributed by atoms with van der Waals surface area (Å²) in [5, 5.41) is 3.92. The van der Waals surface area contributed by atoms with Crippen molar-refractivity contribution in [2.75, 3.05) is 13.7 Å². The fraction of sp³-hybridized carbons (Fsp3) is 0.467. The molecular formula is C15H22N2O3. The van der Waals surface area contributed by atoms with Gasteiger partial charge >= 0.3 is 0 Å². The van der Waals surface area contributed by atoms with Gasteiger partial charge in [0.15, 0.2) is 11.5 Å². The third-order valence-corrected chi connectivity index (χ3v) is 2.48. The third kappa shape index (κ3) is 5.30. The van der Waals surface area contributed by atoms with Gasteiger partial charge in [0.1, 0.15) is 0 Å². The first-order valence-electron chi connectivity index (χ1n) is 6.69. The van der Waals surface area contributed by atoms with Crippen LogP contribution >= 0.6 is 0 Å². The predicted molar refractivity (Wildman–Crippen MR) is 79.4 cm³/mol. The van der Waals surface area contributed by atoms with Crippen molar-refractivity contribution in [2.45, 2.75) is 27.2 Å². The van der Waals surface area contributed by atoms with Gasteiger partial charge < -0.3 is 9.47 Å². The summed E-state index contributed by atoms with van der Waals surface area (Å²) in [6.45, 7) is 6.47. The maximum Gasteiger partial charge on any atom is 0.240 e. The number of ether oxygens (including phenoxy) is 2. The lowest BCUT2D eigenvalue weighted by Crippen LogP contribution is -2.19. The molecule has 20 heavy (non-hydrogen) atoms. The molecule has 0 bridgehead atoms. The predicted octanol–water partition coefficient (Wildman–Crippen LogP) is 2.59. The van der Waals surface area contributed by atoms with E-state index in [1.165, 1.54) is 0 Å². The molecule has 5 nitrogen and oxygen atoms in total. The number of nitrogens with zero attached hydrogens (tertiary/aromatic N) is 1. The van der Waals surface area contributed by atoms with Crippen LogP contribution in [0.2, 0.25) is 0 Å². The summed E-state index contributed by atoms with van der Waals surface area (Å²) >= 11 is 0. The first-order valence-corrected chi connectivity index (χ1v) is 6.69. The molecule has 0 radical (unpaired) electrons. The molecule has 0 spiro atoms. The minimum absolute atomic E-state index is 0.0887. The smallest absolute Gasteiger partial charge is 0.240 e. The number of carbonyl (C=O) groups is 1. The summed E-state index contributed by atoms with van der Waals surface area (Å²) in [5.74, 6) is 1.56. The second kappa shape index (κ2) is 8.19. The number of amides is 1. The number of rotatable bonds is 7. The zero-order chi connectivity index (χ0) is 15.0. The second-order valence-electron chi connectivity index (χ2n) is 4.73. The zero-order valence-corrected chi connectivity index (χ0v) is 12.5. The number of hydrazone groups is 1. The highest BCUT2D eigenvalue weighted by molar-refractivity contribution is 5.83. The number of hydrogen-bond acceptors (Lipinski definition) is 4. The van der Waals surface area contributed by atoms with E-state index in [1.807, 2.05) is 39.0 Å². The lowest BCUT2D eigenvalue weighted by molar-refractivity contribution is -0.121. The second-order valence-corrected chi connectivity index (χ2v) is 4.73. The fourth-order valence-electron chi connectivity index (χ4n) is 1.63. The molecular weight excluding hydrogens is 256 g/mol. The zero-order valence-electron chi connectivity index (χ0n) is 12.5. The van der Waals surface area contributed by atoms with Crippen LogP contribution in [0.3, 0.4) is 0 Å². The van der Waals surface area contributed by atoms with Gasteiger partial charge in [-0.3, -0.25) is 4.79 Å². The molecule has 0 aromatic heterocycles. The van der Waals surface area contributed by atoms with Crippen LogP contribution in [0.4, 0.5) is 0 Å². The molecule has 1 rings (SSSR count). The van der Waals surface area contributed by atoms with Crippen molar-refractivity contribution in [3.05, 3.63) is 23.8 Å². The van der Waals surface area contributed by atoms with E-state index < -0.39 is 0 Å². The molecule has 0 atom stereocenters. The lowest BCUT2D eigenvalue weighted by atomic mass is 10.1. The van der Waals surface area contributed by atoms with E-state index in [4.69, 9.17) is 9.47 Å². The number of methoxy groups -OCH3 is 1. The van der Waals surface area contributed by atoms with Gasteiger partial charge in [-0.05, 0) is 36.6 Å². The van der Waals surface area contributed by atoms with Crippen molar-refractivity contribution in [3.8, 4) is 11.5 Å². The normalized spacial score (nSPS) is 10.8. The van der Waals surface area contributed by atoms with Gasteiger partial charge in [0.05, 0.1) is 19.9 Å². The van der Waals surface area contributed by atoms with Crippen molar-refractivity contribution in [2.24, 2.45) is 11.0 Å². The molecule has 0 saturated heterocycles. The molecule has 110 valence electrons. The van der Waals surface area contributed by atoms with Crippen LogP contribution in [-0.2, 0) is 4.79 Å². The monoisotopic (exact) mass is 278 g/mol. The number of nitrogens with one attached hydrogen (secondary N) is 1. The van der Waals surface area contributed by atoms with Gasteiger partial charge in [0, 0.05) is 6.42 Å². The van der Waals surface area contributed by atoms with Gasteiger partial charge in [-0.25, -0.2) is 5.43 Å². The Bertz CT molecular complexity index is 470. The molecule has 0 saturated carbocycles. The Balaban J connectivity index is 2.66. The van der Waals surface area contributed by atoms with Crippen LogP contribution in [0.15, 0.2) is 23.3 Å². The maximum atomic E-state index is 11.4. The Kier molecular flexibility index (Phi) is 6.56. The van der Waals surface area contributed by atoms with Gasteiger partial charge in [-0.2, -0.15) is 5.10 Å². The van der Waals surface area contributed by atoms with Crippen LogP contribution in [-0.4, -0.2) is 25.8 Å². The third-order valence-electron chi connectivity index (χ3n) is 2.48. The summed E-state index contributed by atoms with van der Waals surface area (Å²) in [6, 6.07) is 5.48. The van der Waals surface area contributed by atoms with Crippen LogP contribution in [0, 0.1) is 5.92 Å². The van der Waals surface area contributed by atoms with Crippen LogP contribution in [0.5, 0.6) is 11.5 Å². The van der Waals surface area contributed by atoms with E-state index in [1.54, 1.807) is 13.3 Å². The topological polar surface area (TPSA) is 59.9 Å². The summed E-state index contributed by atoms with van der Waals surface area (Å²) in [4.78, 5) is 11.4. The van der Waals surface area contributed by atoms with Crippen LogP contribution < -0.4 is 14.9 Å². The Hall–Kier alpha value is -2.04. The van der Waals surface area contributed by atoms with Crippen molar-refractivity contribution >= 4 is 12.1 Å². The van der Waals surface area contributed by atoms with Crippen molar-refractivity contribution in [3.63, 3.8) is 0 Å². The highest BCUT2D eigenvalue weighted by Crippen LogP contribution is 2.27. The standard InChI is InChI=1S/C15H22N2O3/c1-5-20-13-7-6-12(9-14(13)19-4)10-16-17-15(18)8-11(2)3/h6-7,9-11H,5,8H2,1-4H3,(H,17,18). The highest BCUT2D eigenvalue weighted by atomic mass is 16.5. The largest absolute Gasteiger partial charge is 0.493 e. The van der Waals surface area contributed by atoms with Gasteiger partial charge in [0.25, 0.3) is 0 Å². The number of hydrogen-bond donors (Lipinski definition) is 1. The SMILES string of the molecule is CCOc1ccc(C=NNC(=O)CC(C)C)cc1OC. The van der Waals surface area contributed by atoms with E-state index in [0.29, 0.717) is 30.4 Å². The molecule has 5 heteroatoms. The molecule has 0 heterocycles. The first kappa shape index (κ1) is 16.0. The Labute approximate surface area is 120 Å². The molecule has 1 aromatic rings. The maximum absolute atomic E-state index is 11.4. The highest BCUT2D eigenvalue weighted by Gasteiger charge is 2.05. The van der Waals surface area contributed by atoms with Gasteiger partial charge in [0.2, 0.25) is 5.91 Å². The van der Waals surface area contributed by atoms with Gasteiger partial charge in [-0.15, -0.1) is 0 Å². The molecule has 1 amide bonds. The first-order chi connectivity index (χ1) is 9.56. The average molecular weight is 278 g/mol. The fourth-order valence-corrected chi connectivity index (χ4v) is 1.63. The molecule has 0 fully saturated rings. The van der Waals surface area contributed by atoms with Crippen LogP contribution in [0.1, 0.15) is 32.8 Å². The molecule has 0 aliphatic heterocycles. The summed E-state index contributed by atoms with van der Waals surface area (Å²) in [6.07, 6.45) is 2.04. The summed E-state index contributed by atoms with van der Waals surface area (Å²) in [5.41, 5.74) is 3.33. The molecule has 1 aromatic carbocycles. The van der Waals surface area contributed by atoms with E-state index >= 15 is 0 Å². The van der Waals surface area contributed by atoms with E-state index in [9.17, 15) is 4.79 Å². The summed E-state index contributed by atoms with van der Waals surface area (Å²) in [7, 11) is 1.59. The Morgan fingerprint density at radius 1 is 1.40 bits per heavy atom. The summed E-state index contributed by atoms with van der Waals surface area (Å²) < 4.78 is 10.7. The Morgan fingerprint density at radius 2 is 2.15 bits per heavy atom.